The lowest BCUT2D eigenvalue weighted by Gasteiger charge is -2.14. The molecule has 0 heterocycles. The number of ether oxygens (including phenoxy) is 1. The molecule has 0 N–H and O–H groups in total. The number of methoxy groups -OCH3 is 1. The maximum absolute atomic E-state index is 14.5. The molecule has 0 aliphatic rings. The van der Waals surface area contributed by atoms with E-state index in [1.807, 2.05) is 30.3 Å². The lowest BCUT2D eigenvalue weighted by molar-refractivity contribution is 0.416. The molecule has 0 aromatic heterocycles. The van der Waals surface area contributed by atoms with Gasteiger partial charge in [-0.3, -0.25) is 0 Å². The Balaban J connectivity index is 2.45. The molecule has 3 aromatic carbocycles. The molecule has 21 heavy (non-hydrogen) atoms. The van der Waals surface area contributed by atoms with Crippen LogP contribution in [0.2, 0.25) is 5.02 Å². The van der Waals surface area contributed by atoms with Crippen molar-refractivity contribution in [3.8, 4) is 16.9 Å². The molecular weight excluding hydrogens is 355 g/mol. The fourth-order valence-corrected chi connectivity index (χ4v) is 3.05. The maximum Gasteiger partial charge on any atom is 0.145 e. The van der Waals surface area contributed by atoms with E-state index in [-0.39, 0.29) is 5.82 Å². The molecule has 0 aliphatic heterocycles. The third kappa shape index (κ3) is 2.41. The molecular formula is C17H11BrClFO. The lowest BCUT2D eigenvalue weighted by atomic mass is 9.97. The molecule has 0 unspecified atom stereocenters. The van der Waals surface area contributed by atoms with E-state index >= 15 is 0 Å². The molecule has 0 fully saturated rings. The van der Waals surface area contributed by atoms with E-state index in [4.69, 9.17) is 16.3 Å². The molecule has 0 atom stereocenters. The quantitative estimate of drug-likeness (QED) is 0.535. The van der Waals surface area contributed by atoms with E-state index in [2.05, 4.69) is 15.9 Å². The summed E-state index contributed by atoms with van der Waals surface area (Å²) in [6, 6.07) is 14.5. The second kappa shape index (κ2) is 5.66. The Hall–Kier alpha value is -1.58. The van der Waals surface area contributed by atoms with Gasteiger partial charge in [0.05, 0.1) is 11.6 Å². The van der Waals surface area contributed by atoms with Gasteiger partial charge in [0.1, 0.15) is 11.6 Å². The van der Waals surface area contributed by atoms with Gasteiger partial charge < -0.3 is 4.74 Å². The highest BCUT2D eigenvalue weighted by atomic mass is 79.9. The molecule has 0 radical (unpaired) electrons. The van der Waals surface area contributed by atoms with Gasteiger partial charge in [-0.05, 0) is 45.6 Å². The summed E-state index contributed by atoms with van der Waals surface area (Å²) in [6.07, 6.45) is 0. The van der Waals surface area contributed by atoms with E-state index in [1.165, 1.54) is 0 Å². The van der Waals surface area contributed by atoms with Crippen LogP contribution in [0.1, 0.15) is 0 Å². The number of rotatable bonds is 2. The Morgan fingerprint density at radius 1 is 1.00 bits per heavy atom. The molecule has 0 spiro atoms. The fourth-order valence-electron chi connectivity index (χ4n) is 2.44. The standard InChI is InChI=1S/C17H11BrClFO/c1-21-15-9-8-10-11(4-3-7-14(10)19)16(15)12-5-2-6-13(18)17(12)20/h2-9H,1H3. The van der Waals surface area contributed by atoms with Crippen LogP contribution in [-0.2, 0) is 0 Å². The second-order valence-electron chi connectivity index (χ2n) is 4.58. The number of hydrogen-bond donors (Lipinski definition) is 0. The molecule has 106 valence electrons. The normalized spacial score (nSPS) is 10.9. The van der Waals surface area contributed by atoms with Crippen molar-refractivity contribution in [3.63, 3.8) is 0 Å². The number of hydrogen-bond acceptors (Lipinski definition) is 1. The molecule has 3 rings (SSSR count). The van der Waals surface area contributed by atoms with Crippen LogP contribution in [0, 0.1) is 5.82 Å². The maximum atomic E-state index is 14.5. The first kappa shape index (κ1) is 14.4. The Bertz CT molecular complexity index is 832. The van der Waals surface area contributed by atoms with Gasteiger partial charge in [0, 0.05) is 21.5 Å². The first-order chi connectivity index (χ1) is 10.1. The van der Waals surface area contributed by atoms with Crippen molar-refractivity contribution in [2.24, 2.45) is 0 Å². The Morgan fingerprint density at radius 3 is 2.52 bits per heavy atom. The van der Waals surface area contributed by atoms with Crippen LogP contribution in [0.5, 0.6) is 5.75 Å². The highest BCUT2D eigenvalue weighted by Gasteiger charge is 2.16. The molecule has 4 heteroatoms. The number of fused-ring (bicyclic) bond motifs is 1. The summed E-state index contributed by atoms with van der Waals surface area (Å²) in [6.45, 7) is 0. The number of halogens is 3. The summed E-state index contributed by atoms with van der Waals surface area (Å²) in [7, 11) is 1.57. The third-order valence-electron chi connectivity index (χ3n) is 3.41. The molecule has 0 saturated heterocycles. The average Bonchev–Trinajstić information content (AvgIpc) is 2.49. The topological polar surface area (TPSA) is 9.23 Å². The van der Waals surface area contributed by atoms with Crippen molar-refractivity contribution >= 4 is 38.3 Å². The van der Waals surface area contributed by atoms with Crippen molar-refractivity contribution < 1.29 is 9.13 Å². The molecule has 1 nitrogen and oxygen atoms in total. The zero-order valence-corrected chi connectivity index (χ0v) is 13.5. The monoisotopic (exact) mass is 364 g/mol. The van der Waals surface area contributed by atoms with Crippen LogP contribution >= 0.6 is 27.5 Å². The van der Waals surface area contributed by atoms with Crippen LogP contribution in [0.3, 0.4) is 0 Å². The van der Waals surface area contributed by atoms with E-state index < -0.39 is 0 Å². The summed E-state index contributed by atoms with van der Waals surface area (Å²) in [5, 5.41) is 2.36. The molecule has 0 amide bonds. The first-order valence-corrected chi connectivity index (χ1v) is 7.50. The molecule has 0 bridgehead atoms. The summed E-state index contributed by atoms with van der Waals surface area (Å²) in [5.74, 6) is 0.296. The van der Waals surface area contributed by atoms with Gasteiger partial charge in [-0.2, -0.15) is 0 Å². The summed E-state index contributed by atoms with van der Waals surface area (Å²) in [5.41, 5.74) is 1.19. The Labute approximate surface area is 135 Å². The summed E-state index contributed by atoms with van der Waals surface area (Å²) >= 11 is 9.47. The summed E-state index contributed by atoms with van der Waals surface area (Å²) in [4.78, 5) is 0. The van der Waals surface area contributed by atoms with Gasteiger partial charge >= 0.3 is 0 Å². The second-order valence-corrected chi connectivity index (χ2v) is 5.84. The zero-order valence-electron chi connectivity index (χ0n) is 11.2. The van der Waals surface area contributed by atoms with Crippen molar-refractivity contribution in [1.29, 1.82) is 0 Å². The first-order valence-electron chi connectivity index (χ1n) is 6.33. The Morgan fingerprint density at radius 2 is 1.76 bits per heavy atom. The van der Waals surface area contributed by atoms with E-state index in [9.17, 15) is 4.39 Å². The smallest absolute Gasteiger partial charge is 0.145 e. The van der Waals surface area contributed by atoms with Crippen molar-refractivity contribution in [3.05, 3.63) is 63.8 Å². The van der Waals surface area contributed by atoms with E-state index in [0.29, 0.717) is 26.4 Å². The Kier molecular flexibility index (Phi) is 3.87. The van der Waals surface area contributed by atoms with Gasteiger partial charge in [-0.15, -0.1) is 0 Å². The van der Waals surface area contributed by atoms with Crippen LogP contribution in [0.4, 0.5) is 4.39 Å². The van der Waals surface area contributed by atoms with Gasteiger partial charge in [-0.25, -0.2) is 4.39 Å². The molecule has 3 aromatic rings. The predicted molar refractivity (Wildman–Crippen MR) is 88.6 cm³/mol. The van der Waals surface area contributed by atoms with Gasteiger partial charge in [0.25, 0.3) is 0 Å². The van der Waals surface area contributed by atoms with Gasteiger partial charge in [0.2, 0.25) is 0 Å². The van der Waals surface area contributed by atoms with E-state index in [0.717, 1.165) is 10.8 Å². The van der Waals surface area contributed by atoms with Gasteiger partial charge in [0.15, 0.2) is 0 Å². The number of benzene rings is 3. The van der Waals surface area contributed by atoms with Crippen LogP contribution in [-0.4, -0.2) is 7.11 Å². The van der Waals surface area contributed by atoms with Crippen molar-refractivity contribution in [2.75, 3.05) is 7.11 Å². The average molecular weight is 366 g/mol. The highest BCUT2D eigenvalue weighted by Crippen LogP contribution is 2.41. The minimum Gasteiger partial charge on any atom is -0.496 e. The minimum absolute atomic E-state index is 0.316. The van der Waals surface area contributed by atoms with Crippen molar-refractivity contribution in [2.45, 2.75) is 0 Å². The molecule has 0 aliphatic carbocycles. The predicted octanol–water partition coefficient (Wildman–Crippen LogP) is 6.07. The van der Waals surface area contributed by atoms with Crippen molar-refractivity contribution in [1.82, 2.24) is 0 Å². The summed E-state index contributed by atoms with van der Waals surface area (Å²) < 4.78 is 20.3. The highest BCUT2D eigenvalue weighted by molar-refractivity contribution is 9.10. The fraction of sp³-hybridized carbons (Fsp3) is 0.0588. The lowest BCUT2D eigenvalue weighted by Crippen LogP contribution is -1.93. The van der Waals surface area contributed by atoms with Crippen LogP contribution in [0.15, 0.2) is 53.0 Å². The van der Waals surface area contributed by atoms with Crippen LogP contribution < -0.4 is 4.74 Å². The zero-order chi connectivity index (χ0) is 15.0. The molecule has 0 saturated carbocycles. The van der Waals surface area contributed by atoms with Crippen LogP contribution in [0.25, 0.3) is 21.9 Å². The third-order valence-corrected chi connectivity index (χ3v) is 4.35. The van der Waals surface area contributed by atoms with Gasteiger partial charge in [-0.1, -0.05) is 35.9 Å². The van der Waals surface area contributed by atoms with E-state index in [1.54, 1.807) is 25.3 Å². The largest absolute Gasteiger partial charge is 0.496 e. The SMILES string of the molecule is COc1ccc2c(Cl)cccc2c1-c1cccc(Br)c1F. The minimum atomic E-state index is -0.316.